The van der Waals surface area contributed by atoms with Gasteiger partial charge in [0.05, 0.1) is 0 Å². The SMILES string of the molecule is C=C/C(C)=C\C=C1/CNC(c2ccccc2O)N=C1N1CCN(C(=O)CCC)CC1. The fraction of sp³-hybridized carbons (Fsp3) is 0.417. The summed E-state index contributed by atoms with van der Waals surface area (Å²) in [5.41, 5.74) is 2.94. The molecule has 2 heterocycles. The number of piperazine rings is 1. The second-order valence-corrected chi connectivity index (χ2v) is 7.72. The lowest BCUT2D eigenvalue weighted by Crippen LogP contribution is -2.52. The van der Waals surface area contributed by atoms with Gasteiger partial charge in [-0.15, -0.1) is 0 Å². The number of hydrogen-bond donors (Lipinski definition) is 2. The summed E-state index contributed by atoms with van der Waals surface area (Å²) in [6.07, 6.45) is 7.13. The first-order chi connectivity index (χ1) is 14.5. The fourth-order valence-electron chi connectivity index (χ4n) is 3.69. The minimum atomic E-state index is -0.303. The highest BCUT2D eigenvalue weighted by Crippen LogP contribution is 2.28. The van der Waals surface area contributed by atoms with Crippen LogP contribution in [0.5, 0.6) is 5.75 Å². The standard InChI is InChI=1S/C24H32N4O2/c1-4-8-22(30)27-13-15-28(16-14-27)24-19(12-11-18(3)5-2)17-25-23(26-24)20-9-6-7-10-21(20)29/h5-7,9-12,23,25,29H,2,4,8,13-17H2,1,3H3/b18-11-,19-12+. The number of carbonyl (C=O) groups excluding carboxylic acids is 1. The van der Waals surface area contributed by atoms with E-state index < -0.39 is 0 Å². The zero-order valence-corrected chi connectivity index (χ0v) is 18.0. The molecule has 1 atom stereocenters. The topological polar surface area (TPSA) is 68.2 Å². The first-order valence-corrected chi connectivity index (χ1v) is 10.7. The number of para-hydroxylation sites is 1. The number of phenols is 1. The predicted octanol–water partition coefficient (Wildman–Crippen LogP) is 3.40. The van der Waals surface area contributed by atoms with E-state index in [0.29, 0.717) is 26.1 Å². The molecule has 160 valence electrons. The molecule has 2 aliphatic rings. The smallest absolute Gasteiger partial charge is 0.222 e. The Morgan fingerprint density at radius 3 is 2.70 bits per heavy atom. The molecule has 1 fully saturated rings. The summed E-state index contributed by atoms with van der Waals surface area (Å²) in [5, 5.41) is 13.7. The van der Waals surface area contributed by atoms with Gasteiger partial charge in [-0.25, -0.2) is 4.99 Å². The van der Waals surface area contributed by atoms with E-state index in [1.54, 1.807) is 6.07 Å². The summed E-state index contributed by atoms with van der Waals surface area (Å²) >= 11 is 0. The number of amidine groups is 1. The Bertz CT molecular complexity index is 864. The Labute approximate surface area is 179 Å². The van der Waals surface area contributed by atoms with Crippen LogP contribution >= 0.6 is 0 Å². The molecule has 2 aliphatic heterocycles. The van der Waals surface area contributed by atoms with Gasteiger partial charge in [0.2, 0.25) is 5.91 Å². The van der Waals surface area contributed by atoms with Gasteiger partial charge >= 0.3 is 0 Å². The Morgan fingerprint density at radius 2 is 2.03 bits per heavy atom. The molecule has 1 saturated heterocycles. The third kappa shape index (κ3) is 5.19. The average molecular weight is 409 g/mol. The van der Waals surface area contributed by atoms with Crippen molar-refractivity contribution >= 4 is 11.7 Å². The van der Waals surface area contributed by atoms with Crippen LogP contribution < -0.4 is 5.32 Å². The van der Waals surface area contributed by atoms with Crippen molar-refractivity contribution in [1.82, 2.24) is 15.1 Å². The summed E-state index contributed by atoms with van der Waals surface area (Å²) < 4.78 is 0. The molecule has 0 radical (unpaired) electrons. The largest absolute Gasteiger partial charge is 0.508 e. The maximum Gasteiger partial charge on any atom is 0.222 e. The summed E-state index contributed by atoms with van der Waals surface area (Å²) in [6, 6.07) is 7.30. The van der Waals surface area contributed by atoms with E-state index in [-0.39, 0.29) is 17.8 Å². The highest BCUT2D eigenvalue weighted by Gasteiger charge is 2.28. The second kappa shape index (κ2) is 10.3. The highest BCUT2D eigenvalue weighted by atomic mass is 16.3. The Balaban J connectivity index is 1.86. The Hall–Kier alpha value is -2.86. The van der Waals surface area contributed by atoms with E-state index in [0.717, 1.165) is 42.1 Å². The zero-order chi connectivity index (χ0) is 21.5. The molecule has 1 amide bonds. The van der Waals surface area contributed by atoms with Gasteiger partial charge in [0, 0.05) is 50.3 Å². The van der Waals surface area contributed by atoms with Crippen LogP contribution in [0.3, 0.4) is 0 Å². The van der Waals surface area contributed by atoms with E-state index in [9.17, 15) is 9.90 Å². The Morgan fingerprint density at radius 1 is 1.30 bits per heavy atom. The van der Waals surface area contributed by atoms with Crippen LogP contribution in [0, 0.1) is 0 Å². The van der Waals surface area contributed by atoms with Crippen molar-refractivity contribution < 1.29 is 9.90 Å². The quantitative estimate of drug-likeness (QED) is 0.733. The zero-order valence-electron chi connectivity index (χ0n) is 18.0. The number of carbonyl (C=O) groups is 1. The normalized spacial score (nSPS) is 21.5. The molecule has 0 aliphatic carbocycles. The number of aliphatic imine (C=N–C) groups is 1. The Kier molecular flexibility index (Phi) is 7.46. The molecular weight excluding hydrogens is 376 g/mol. The second-order valence-electron chi connectivity index (χ2n) is 7.72. The van der Waals surface area contributed by atoms with Gasteiger partial charge in [0.1, 0.15) is 17.8 Å². The number of amides is 1. The van der Waals surface area contributed by atoms with Crippen LogP contribution in [0.15, 0.2) is 65.2 Å². The van der Waals surface area contributed by atoms with Crippen LogP contribution in [0.2, 0.25) is 0 Å². The maximum atomic E-state index is 12.2. The molecule has 0 bridgehead atoms. The lowest BCUT2D eigenvalue weighted by Gasteiger charge is -2.39. The molecular formula is C24H32N4O2. The van der Waals surface area contributed by atoms with E-state index in [1.807, 2.05) is 49.1 Å². The summed E-state index contributed by atoms with van der Waals surface area (Å²) in [6.45, 7) is 11.4. The minimum Gasteiger partial charge on any atom is -0.508 e. The van der Waals surface area contributed by atoms with Gasteiger partial charge in [-0.2, -0.15) is 0 Å². The van der Waals surface area contributed by atoms with Crippen molar-refractivity contribution in [3.05, 3.63) is 65.8 Å². The van der Waals surface area contributed by atoms with Crippen LogP contribution in [0.1, 0.15) is 38.4 Å². The van der Waals surface area contributed by atoms with E-state index in [4.69, 9.17) is 4.99 Å². The molecule has 6 nitrogen and oxygen atoms in total. The first kappa shape index (κ1) is 21.8. The number of nitrogens with zero attached hydrogens (tertiary/aromatic N) is 3. The third-order valence-corrected chi connectivity index (χ3v) is 5.52. The minimum absolute atomic E-state index is 0.233. The van der Waals surface area contributed by atoms with Crippen LogP contribution in [-0.2, 0) is 4.79 Å². The summed E-state index contributed by atoms with van der Waals surface area (Å²) in [4.78, 5) is 21.4. The third-order valence-electron chi connectivity index (χ3n) is 5.52. The maximum absolute atomic E-state index is 12.2. The van der Waals surface area contributed by atoms with Crippen LogP contribution in [0.25, 0.3) is 0 Å². The van der Waals surface area contributed by atoms with E-state index >= 15 is 0 Å². The van der Waals surface area contributed by atoms with Crippen LogP contribution in [-0.4, -0.2) is 59.4 Å². The van der Waals surface area contributed by atoms with Gasteiger partial charge < -0.3 is 14.9 Å². The molecule has 1 aromatic carbocycles. The number of aromatic hydroxyl groups is 1. The summed E-state index contributed by atoms with van der Waals surface area (Å²) in [5.74, 6) is 1.40. The molecule has 1 aromatic rings. The number of nitrogens with one attached hydrogen (secondary N) is 1. The van der Waals surface area contributed by atoms with Gasteiger partial charge in [0.15, 0.2) is 0 Å². The first-order valence-electron chi connectivity index (χ1n) is 10.7. The lowest BCUT2D eigenvalue weighted by molar-refractivity contribution is -0.132. The highest BCUT2D eigenvalue weighted by molar-refractivity contribution is 6.00. The van der Waals surface area contributed by atoms with Crippen molar-refractivity contribution in [3.8, 4) is 5.75 Å². The molecule has 0 aromatic heterocycles. The fourth-order valence-corrected chi connectivity index (χ4v) is 3.69. The number of benzene rings is 1. The molecule has 0 spiro atoms. The number of rotatable bonds is 5. The van der Waals surface area contributed by atoms with Gasteiger partial charge in [-0.05, 0) is 19.4 Å². The van der Waals surface area contributed by atoms with Gasteiger partial charge in [-0.3, -0.25) is 10.1 Å². The number of hydrogen-bond acceptors (Lipinski definition) is 5. The average Bonchev–Trinajstić information content (AvgIpc) is 2.78. The molecule has 3 rings (SSSR count). The van der Waals surface area contributed by atoms with Crippen LogP contribution in [0.4, 0.5) is 0 Å². The molecule has 30 heavy (non-hydrogen) atoms. The molecule has 0 saturated carbocycles. The van der Waals surface area contributed by atoms with Crippen molar-refractivity contribution in [2.45, 2.75) is 32.9 Å². The number of phenolic OH excluding ortho intramolecular Hbond substituents is 1. The molecule has 1 unspecified atom stereocenters. The van der Waals surface area contributed by atoms with Gasteiger partial charge in [0.25, 0.3) is 0 Å². The lowest BCUT2D eigenvalue weighted by atomic mass is 10.1. The monoisotopic (exact) mass is 408 g/mol. The van der Waals surface area contributed by atoms with Gasteiger partial charge in [-0.1, -0.05) is 55.5 Å². The van der Waals surface area contributed by atoms with Crippen molar-refractivity contribution in [1.29, 1.82) is 0 Å². The number of allylic oxidation sites excluding steroid dienone is 4. The van der Waals surface area contributed by atoms with E-state index in [1.165, 1.54) is 0 Å². The summed E-state index contributed by atoms with van der Waals surface area (Å²) in [7, 11) is 0. The molecule has 6 heteroatoms. The predicted molar refractivity (Wildman–Crippen MR) is 121 cm³/mol. The van der Waals surface area contributed by atoms with Crippen molar-refractivity contribution in [3.63, 3.8) is 0 Å². The van der Waals surface area contributed by atoms with Crippen molar-refractivity contribution in [2.75, 3.05) is 32.7 Å². The van der Waals surface area contributed by atoms with E-state index in [2.05, 4.69) is 22.9 Å². The van der Waals surface area contributed by atoms with Crippen molar-refractivity contribution in [2.24, 2.45) is 4.99 Å². The molecule has 2 N–H and O–H groups in total.